The predicted octanol–water partition coefficient (Wildman–Crippen LogP) is 15.0. The lowest BCUT2D eigenvalue weighted by Gasteiger charge is -2.29. The van der Waals surface area contributed by atoms with Crippen LogP contribution in [0.1, 0.15) is 25.0 Å². The van der Waals surface area contributed by atoms with Crippen LogP contribution in [0, 0.1) is 0 Å². The lowest BCUT2D eigenvalue weighted by molar-refractivity contribution is 0.660. The largest absolute Gasteiger partial charge is 0.310 e. The standard InChI is InChI=1S/C55H40N2/c1-55(2)50-23-10-8-21-46(50)47-32-31-44(36-51(47)55)56(52-25-13-15-38-14-6-7-20-45(38)52)43-29-26-37(27-30-43)39-16-12-17-40(34-39)41-28-33-54-49(35-41)48-22-9-11-24-53(48)57(54)42-18-4-3-5-19-42/h3-36H,1-2H3. The molecule has 270 valence electrons. The molecular formula is C55H40N2. The van der Waals surface area contributed by atoms with Crippen LogP contribution in [-0.2, 0) is 5.41 Å². The first-order valence-electron chi connectivity index (χ1n) is 19.8. The molecule has 0 saturated carbocycles. The van der Waals surface area contributed by atoms with E-state index >= 15 is 0 Å². The average Bonchev–Trinajstić information content (AvgIpc) is 3.72. The molecule has 10 aromatic rings. The second-order valence-electron chi connectivity index (χ2n) is 15.8. The van der Waals surface area contributed by atoms with E-state index in [1.54, 1.807) is 0 Å². The van der Waals surface area contributed by atoms with Crippen molar-refractivity contribution in [1.29, 1.82) is 0 Å². The third-order valence-electron chi connectivity index (χ3n) is 12.2. The van der Waals surface area contributed by atoms with Gasteiger partial charge in [0.2, 0.25) is 0 Å². The molecule has 0 radical (unpaired) electrons. The van der Waals surface area contributed by atoms with Crippen molar-refractivity contribution in [3.05, 3.63) is 217 Å². The number of hydrogen-bond donors (Lipinski definition) is 0. The predicted molar refractivity (Wildman–Crippen MR) is 241 cm³/mol. The van der Waals surface area contributed by atoms with E-state index in [0.717, 1.165) is 11.4 Å². The highest BCUT2D eigenvalue weighted by atomic mass is 15.1. The Hall–Kier alpha value is -7.16. The molecule has 0 saturated heterocycles. The third-order valence-corrected chi connectivity index (χ3v) is 12.2. The molecule has 1 aliphatic carbocycles. The monoisotopic (exact) mass is 728 g/mol. The van der Waals surface area contributed by atoms with Gasteiger partial charge < -0.3 is 9.47 Å². The fourth-order valence-corrected chi connectivity index (χ4v) is 9.35. The Morgan fingerprint density at radius 2 is 1.00 bits per heavy atom. The molecule has 9 aromatic carbocycles. The molecule has 0 amide bonds. The minimum atomic E-state index is -0.0925. The van der Waals surface area contributed by atoms with Gasteiger partial charge in [-0.3, -0.25) is 0 Å². The maximum atomic E-state index is 2.43. The summed E-state index contributed by atoms with van der Waals surface area (Å²) in [4.78, 5) is 2.43. The summed E-state index contributed by atoms with van der Waals surface area (Å²) in [7, 11) is 0. The molecule has 11 rings (SSSR count). The smallest absolute Gasteiger partial charge is 0.0541 e. The number of para-hydroxylation sites is 2. The average molecular weight is 729 g/mol. The first kappa shape index (κ1) is 33.2. The topological polar surface area (TPSA) is 8.17 Å². The molecule has 1 aliphatic rings. The van der Waals surface area contributed by atoms with E-state index in [-0.39, 0.29) is 5.41 Å². The summed E-state index contributed by atoms with van der Waals surface area (Å²) in [6.07, 6.45) is 0. The number of rotatable bonds is 6. The molecule has 0 atom stereocenters. The van der Waals surface area contributed by atoms with E-state index in [1.807, 2.05) is 0 Å². The fraction of sp³-hybridized carbons (Fsp3) is 0.0545. The van der Waals surface area contributed by atoms with Crippen molar-refractivity contribution in [3.8, 4) is 39.1 Å². The minimum absolute atomic E-state index is 0.0925. The van der Waals surface area contributed by atoms with Gasteiger partial charge in [0.1, 0.15) is 0 Å². The molecule has 0 aliphatic heterocycles. The highest BCUT2D eigenvalue weighted by molar-refractivity contribution is 6.10. The normalized spacial score (nSPS) is 12.9. The summed E-state index contributed by atoms with van der Waals surface area (Å²) in [6.45, 7) is 4.71. The number of hydrogen-bond acceptors (Lipinski definition) is 1. The van der Waals surface area contributed by atoms with E-state index in [9.17, 15) is 0 Å². The van der Waals surface area contributed by atoms with Gasteiger partial charge in [-0.05, 0) is 117 Å². The minimum Gasteiger partial charge on any atom is -0.310 e. The fourth-order valence-electron chi connectivity index (χ4n) is 9.35. The van der Waals surface area contributed by atoms with Crippen molar-refractivity contribution < 1.29 is 0 Å². The van der Waals surface area contributed by atoms with E-state index < -0.39 is 0 Å². The zero-order chi connectivity index (χ0) is 38.1. The molecule has 0 spiro atoms. The van der Waals surface area contributed by atoms with Gasteiger partial charge >= 0.3 is 0 Å². The number of benzene rings is 9. The Labute approximate surface area is 333 Å². The first-order valence-corrected chi connectivity index (χ1v) is 19.8. The first-order chi connectivity index (χ1) is 28.0. The van der Waals surface area contributed by atoms with Crippen molar-refractivity contribution >= 4 is 49.6 Å². The molecule has 1 aromatic heterocycles. The Balaban J connectivity index is 0.989. The zero-order valence-corrected chi connectivity index (χ0v) is 32.0. The number of nitrogens with zero attached hydrogens (tertiary/aromatic N) is 2. The Kier molecular flexibility index (Phi) is 7.55. The van der Waals surface area contributed by atoms with E-state index in [4.69, 9.17) is 0 Å². The van der Waals surface area contributed by atoms with Crippen LogP contribution in [-0.4, -0.2) is 4.57 Å². The SMILES string of the molecule is CC1(C)c2ccccc2-c2ccc(N(c3ccc(-c4cccc(-c5ccc6c(c5)c5ccccc5n6-c5ccccc5)c4)cc3)c3cccc4ccccc34)cc21. The van der Waals surface area contributed by atoms with Crippen molar-refractivity contribution in [1.82, 2.24) is 4.57 Å². The summed E-state index contributed by atoms with van der Waals surface area (Å²) in [5, 5.41) is 4.97. The van der Waals surface area contributed by atoms with Gasteiger partial charge in [0.15, 0.2) is 0 Å². The van der Waals surface area contributed by atoms with Gasteiger partial charge in [0.05, 0.1) is 16.7 Å². The van der Waals surface area contributed by atoms with Crippen LogP contribution in [0.25, 0.3) is 71.6 Å². The summed E-state index contributed by atoms with van der Waals surface area (Å²) in [6, 6.07) is 75.6. The number of aromatic nitrogens is 1. The van der Waals surface area contributed by atoms with Gasteiger partial charge in [-0.15, -0.1) is 0 Å². The van der Waals surface area contributed by atoms with Crippen LogP contribution in [0.2, 0.25) is 0 Å². The van der Waals surface area contributed by atoms with Gasteiger partial charge in [-0.2, -0.15) is 0 Å². The van der Waals surface area contributed by atoms with Crippen molar-refractivity contribution in [3.63, 3.8) is 0 Å². The van der Waals surface area contributed by atoms with Gasteiger partial charge in [0.25, 0.3) is 0 Å². The van der Waals surface area contributed by atoms with E-state index in [0.29, 0.717) is 0 Å². The van der Waals surface area contributed by atoms with Crippen molar-refractivity contribution in [2.45, 2.75) is 19.3 Å². The second kappa shape index (κ2) is 13.0. The quantitative estimate of drug-likeness (QED) is 0.165. The lowest BCUT2D eigenvalue weighted by Crippen LogP contribution is -2.16. The second-order valence-corrected chi connectivity index (χ2v) is 15.8. The molecule has 0 unspecified atom stereocenters. The number of fused-ring (bicyclic) bond motifs is 7. The summed E-state index contributed by atoms with van der Waals surface area (Å²) < 4.78 is 2.37. The van der Waals surface area contributed by atoms with Crippen molar-refractivity contribution in [2.75, 3.05) is 4.90 Å². The Morgan fingerprint density at radius 3 is 1.86 bits per heavy atom. The number of anilines is 3. The van der Waals surface area contributed by atoms with Crippen molar-refractivity contribution in [2.24, 2.45) is 0 Å². The summed E-state index contributed by atoms with van der Waals surface area (Å²) >= 11 is 0. The molecule has 0 bridgehead atoms. The molecule has 2 heteroatoms. The van der Waals surface area contributed by atoms with E-state index in [1.165, 1.54) is 88.5 Å². The van der Waals surface area contributed by atoms with Crippen LogP contribution in [0.4, 0.5) is 17.1 Å². The van der Waals surface area contributed by atoms with Crippen LogP contribution < -0.4 is 4.90 Å². The molecule has 0 N–H and O–H groups in total. The maximum absolute atomic E-state index is 2.43. The Morgan fingerprint density at radius 1 is 0.386 bits per heavy atom. The highest BCUT2D eigenvalue weighted by Crippen LogP contribution is 2.51. The van der Waals surface area contributed by atoms with Crippen LogP contribution >= 0.6 is 0 Å². The molecule has 57 heavy (non-hydrogen) atoms. The van der Waals surface area contributed by atoms with E-state index in [2.05, 4.69) is 230 Å². The van der Waals surface area contributed by atoms with Crippen LogP contribution in [0.3, 0.4) is 0 Å². The van der Waals surface area contributed by atoms with Gasteiger partial charge in [-0.1, -0.05) is 153 Å². The molecular weight excluding hydrogens is 689 g/mol. The Bertz CT molecular complexity index is 3140. The summed E-state index contributed by atoms with van der Waals surface area (Å²) in [5.41, 5.74) is 17.2. The zero-order valence-electron chi connectivity index (χ0n) is 32.0. The molecule has 0 fully saturated rings. The summed E-state index contributed by atoms with van der Waals surface area (Å²) in [5.74, 6) is 0. The highest BCUT2D eigenvalue weighted by Gasteiger charge is 2.35. The van der Waals surface area contributed by atoms with Gasteiger partial charge in [0, 0.05) is 38.6 Å². The molecule has 1 heterocycles. The van der Waals surface area contributed by atoms with Crippen LogP contribution in [0.15, 0.2) is 206 Å². The third kappa shape index (κ3) is 5.33. The maximum Gasteiger partial charge on any atom is 0.0541 e. The lowest BCUT2D eigenvalue weighted by atomic mass is 9.82. The van der Waals surface area contributed by atoms with Crippen LogP contribution in [0.5, 0.6) is 0 Å². The van der Waals surface area contributed by atoms with Gasteiger partial charge in [-0.25, -0.2) is 0 Å². The molecule has 2 nitrogen and oxygen atoms in total.